The quantitative estimate of drug-likeness (QED) is 0.392. The van der Waals surface area contributed by atoms with Gasteiger partial charge in [0.15, 0.2) is 5.11 Å². The van der Waals surface area contributed by atoms with E-state index in [0.717, 1.165) is 0 Å². The molecule has 0 bridgehead atoms. The van der Waals surface area contributed by atoms with Gasteiger partial charge in [-0.15, -0.1) is 0 Å². The van der Waals surface area contributed by atoms with Crippen LogP contribution in [0.25, 0.3) is 0 Å². The van der Waals surface area contributed by atoms with Crippen LogP contribution in [-0.4, -0.2) is 28.9 Å². The molecule has 52 valence electrons. The van der Waals surface area contributed by atoms with E-state index in [1.54, 1.807) is 6.92 Å². The van der Waals surface area contributed by atoms with Crippen molar-refractivity contribution in [3.8, 4) is 0 Å². The van der Waals surface area contributed by atoms with E-state index in [-0.39, 0.29) is 0 Å². The van der Waals surface area contributed by atoms with Crippen LogP contribution in [0.1, 0.15) is 6.92 Å². The number of β-amino-alcohol motifs (C(OH)–C–C–N with tert-alkyl or cyclic N) is 1. The maximum absolute atomic E-state index is 9.31. The minimum Gasteiger partial charge on any atom is -0.386 e. The third kappa shape index (κ3) is 1.80. The van der Waals surface area contributed by atoms with Crippen molar-refractivity contribution in [2.45, 2.75) is 12.5 Å². The lowest BCUT2D eigenvalue weighted by molar-refractivity contribution is 0.0619. The van der Waals surface area contributed by atoms with Crippen molar-refractivity contribution < 1.29 is 5.11 Å². The highest BCUT2D eigenvalue weighted by Crippen LogP contribution is 2.01. The fraction of sp³-hybridized carbons (Fsp3) is 0.800. The number of nitrogens with one attached hydrogen (secondary N) is 2. The van der Waals surface area contributed by atoms with Crippen LogP contribution in [0.15, 0.2) is 0 Å². The zero-order chi connectivity index (χ0) is 6.91. The molecule has 0 aliphatic carbocycles. The topological polar surface area (TPSA) is 44.3 Å². The molecule has 1 aliphatic rings. The van der Waals surface area contributed by atoms with E-state index < -0.39 is 5.60 Å². The van der Waals surface area contributed by atoms with Gasteiger partial charge in [-0.25, -0.2) is 0 Å². The maximum atomic E-state index is 9.31. The van der Waals surface area contributed by atoms with E-state index in [0.29, 0.717) is 18.2 Å². The second-order valence-electron chi connectivity index (χ2n) is 2.53. The summed E-state index contributed by atoms with van der Waals surface area (Å²) in [6, 6.07) is 0. The molecule has 0 spiro atoms. The van der Waals surface area contributed by atoms with E-state index in [1.807, 2.05) is 0 Å². The molecule has 0 saturated carbocycles. The molecule has 0 unspecified atom stereocenters. The van der Waals surface area contributed by atoms with E-state index in [9.17, 15) is 5.11 Å². The summed E-state index contributed by atoms with van der Waals surface area (Å²) in [6.07, 6.45) is 0. The van der Waals surface area contributed by atoms with Crippen molar-refractivity contribution in [1.29, 1.82) is 0 Å². The molecule has 1 fully saturated rings. The predicted octanol–water partition coefficient (Wildman–Crippen LogP) is -0.785. The number of thiocarbonyl (C=S) groups is 1. The second kappa shape index (κ2) is 2.11. The lowest BCUT2D eigenvalue weighted by Gasteiger charge is -2.30. The average Bonchev–Trinajstić information content (AvgIpc) is 1.78. The first kappa shape index (κ1) is 6.77. The minimum absolute atomic E-state index is 0.541. The first-order valence-corrected chi connectivity index (χ1v) is 3.25. The van der Waals surface area contributed by atoms with Crippen LogP contribution in [0, 0.1) is 0 Å². The van der Waals surface area contributed by atoms with Crippen molar-refractivity contribution in [2.24, 2.45) is 0 Å². The first-order chi connectivity index (χ1) is 4.10. The monoisotopic (exact) mass is 146 g/mol. The van der Waals surface area contributed by atoms with Gasteiger partial charge in [-0.05, 0) is 19.1 Å². The molecule has 1 heterocycles. The summed E-state index contributed by atoms with van der Waals surface area (Å²) in [7, 11) is 0. The molecule has 1 rings (SSSR count). The number of hydrogen-bond acceptors (Lipinski definition) is 2. The summed E-state index contributed by atoms with van der Waals surface area (Å²) >= 11 is 4.77. The molecule has 0 aromatic heterocycles. The van der Waals surface area contributed by atoms with Crippen molar-refractivity contribution in [1.82, 2.24) is 10.6 Å². The molecule has 0 radical (unpaired) electrons. The van der Waals surface area contributed by atoms with Crippen molar-refractivity contribution in [3.63, 3.8) is 0 Å². The number of hydrogen-bond donors (Lipinski definition) is 3. The van der Waals surface area contributed by atoms with Crippen LogP contribution < -0.4 is 10.6 Å². The summed E-state index contributed by atoms with van der Waals surface area (Å²) < 4.78 is 0. The average molecular weight is 146 g/mol. The van der Waals surface area contributed by atoms with Gasteiger partial charge in [-0.3, -0.25) is 0 Å². The fourth-order valence-corrected chi connectivity index (χ4v) is 0.811. The van der Waals surface area contributed by atoms with Crippen LogP contribution >= 0.6 is 12.2 Å². The summed E-state index contributed by atoms with van der Waals surface area (Å²) in [5, 5.41) is 15.6. The summed E-state index contributed by atoms with van der Waals surface area (Å²) in [4.78, 5) is 0. The van der Waals surface area contributed by atoms with Gasteiger partial charge in [0.05, 0.1) is 5.60 Å². The van der Waals surface area contributed by atoms with E-state index in [2.05, 4.69) is 10.6 Å². The molecule has 1 aliphatic heterocycles. The molecule has 3 nitrogen and oxygen atoms in total. The number of aliphatic hydroxyl groups is 1. The summed E-state index contributed by atoms with van der Waals surface area (Å²) in [5.41, 5.74) is -0.650. The van der Waals surface area contributed by atoms with E-state index in [4.69, 9.17) is 12.2 Å². The van der Waals surface area contributed by atoms with Gasteiger partial charge in [0.25, 0.3) is 0 Å². The molecule has 1 saturated heterocycles. The van der Waals surface area contributed by atoms with Crippen molar-refractivity contribution >= 4 is 17.3 Å². The third-order valence-electron chi connectivity index (χ3n) is 1.26. The highest BCUT2D eigenvalue weighted by molar-refractivity contribution is 7.80. The van der Waals surface area contributed by atoms with Gasteiger partial charge < -0.3 is 15.7 Å². The van der Waals surface area contributed by atoms with Crippen LogP contribution in [0.5, 0.6) is 0 Å². The first-order valence-electron chi connectivity index (χ1n) is 2.84. The largest absolute Gasteiger partial charge is 0.386 e. The molecule has 4 heteroatoms. The zero-order valence-corrected chi connectivity index (χ0v) is 6.09. The SMILES string of the molecule is CC1(O)CNC(=S)NC1. The highest BCUT2D eigenvalue weighted by Gasteiger charge is 2.24. The fourth-order valence-electron chi connectivity index (χ4n) is 0.666. The van der Waals surface area contributed by atoms with E-state index in [1.165, 1.54) is 0 Å². The molecule has 0 aromatic carbocycles. The Morgan fingerprint density at radius 2 is 2.00 bits per heavy atom. The van der Waals surface area contributed by atoms with Crippen LogP contribution in [0.3, 0.4) is 0 Å². The zero-order valence-electron chi connectivity index (χ0n) is 5.27. The standard InChI is InChI=1S/C5H10N2OS/c1-5(8)2-6-4(9)7-3-5/h8H,2-3H2,1H3,(H2,6,7,9). The Morgan fingerprint density at radius 3 is 2.33 bits per heavy atom. The number of rotatable bonds is 0. The predicted molar refractivity (Wildman–Crippen MR) is 39.2 cm³/mol. The summed E-state index contributed by atoms with van der Waals surface area (Å²) in [5.74, 6) is 0. The minimum atomic E-state index is -0.650. The van der Waals surface area contributed by atoms with Gasteiger partial charge in [0, 0.05) is 13.1 Å². The lowest BCUT2D eigenvalue weighted by Crippen LogP contribution is -2.57. The van der Waals surface area contributed by atoms with Gasteiger partial charge in [0.1, 0.15) is 0 Å². The Balaban J connectivity index is 2.44. The van der Waals surface area contributed by atoms with Crippen molar-refractivity contribution in [3.05, 3.63) is 0 Å². The molecule has 0 atom stereocenters. The van der Waals surface area contributed by atoms with Gasteiger partial charge >= 0.3 is 0 Å². The Labute approximate surface area is 59.4 Å². The van der Waals surface area contributed by atoms with Gasteiger partial charge in [-0.2, -0.15) is 0 Å². The maximum Gasteiger partial charge on any atom is 0.166 e. The smallest absolute Gasteiger partial charge is 0.166 e. The second-order valence-corrected chi connectivity index (χ2v) is 2.94. The van der Waals surface area contributed by atoms with Crippen LogP contribution in [0.2, 0.25) is 0 Å². The Hall–Kier alpha value is -0.350. The van der Waals surface area contributed by atoms with Gasteiger partial charge in [0.2, 0.25) is 0 Å². The van der Waals surface area contributed by atoms with Crippen LogP contribution in [-0.2, 0) is 0 Å². The lowest BCUT2D eigenvalue weighted by atomic mass is 10.1. The Kier molecular flexibility index (Phi) is 1.59. The molecule has 0 aromatic rings. The van der Waals surface area contributed by atoms with Gasteiger partial charge in [-0.1, -0.05) is 0 Å². The highest BCUT2D eigenvalue weighted by atomic mass is 32.1. The molecule has 3 N–H and O–H groups in total. The molecular weight excluding hydrogens is 136 g/mol. The van der Waals surface area contributed by atoms with Crippen LogP contribution in [0.4, 0.5) is 0 Å². The summed E-state index contributed by atoms with van der Waals surface area (Å²) in [6.45, 7) is 2.84. The Bertz CT molecular complexity index is 123. The normalized spacial score (nSPS) is 24.4. The third-order valence-corrected chi connectivity index (χ3v) is 1.55. The van der Waals surface area contributed by atoms with Crippen molar-refractivity contribution in [2.75, 3.05) is 13.1 Å². The molecule has 0 amide bonds. The van der Waals surface area contributed by atoms with E-state index >= 15 is 0 Å². The molecule has 9 heavy (non-hydrogen) atoms. The molecular formula is C5H10N2OS. The Morgan fingerprint density at radius 1 is 1.56 bits per heavy atom.